The standard InChI is InChI=1S/C26H30N2O5S/c1-5-24(33-25-9-7-8-18(3)19(25)4)26(29)27-20-12-16-23(17-13-20)34(30,31)28-21-10-14-22(15-11-21)32-6-2/h7-17,24,28H,5-6H2,1-4H3,(H,27,29)/t24-/m1/s1. The highest BCUT2D eigenvalue weighted by Crippen LogP contribution is 2.24. The summed E-state index contributed by atoms with van der Waals surface area (Å²) in [4.78, 5) is 12.8. The van der Waals surface area contributed by atoms with Gasteiger partial charge in [-0.1, -0.05) is 19.1 Å². The molecule has 0 aliphatic rings. The maximum atomic E-state index is 12.8. The molecule has 0 aliphatic heterocycles. The third-order valence-corrected chi connectivity index (χ3v) is 6.73. The Balaban J connectivity index is 1.65. The molecule has 0 radical (unpaired) electrons. The Labute approximate surface area is 201 Å². The lowest BCUT2D eigenvalue weighted by Gasteiger charge is -2.19. The van der Waals surface area contributed by atoms with Crippen LogP contribution >= 0.6 is 0 Å². The van der Waals surface area contributed by atoms with E-state index in [0.29, 0.717) is 35.9 Å². The zero-order chi connectivity index (χ0) is 24.7. The van der Waals surface area contributed by atoms with Gasteiger partial charge in [-0.2, -0.15) is 0 Å². The summed E-state index contributed by atoms with van der Waals surface area (Å²) in [5.74, 6) is 1.03. The highest BCUT2D eigenvalue weighted by atomic mass is 32.2. The van der Waals surface area contributed by atoms with Gasteiger partial charge < -0.3 is 14.8 Å². The van der Waals surface area contributed by atoms with Crippen LogP contribution in [-0.2, 0) is 14.8 Å². The van der Waals surface area contributed by atoms with Gasteiger partial charge in [0.05, 0.1) is 11.5 Å². The van der Waals surface area contributed by atoms with Crippen molar-refractivity contribution >= 4 is 27.3 Å². The van der Waals surface area contributed by atoms with Crippen LogP contribution in [-0.4, -0.2) is 27.0 Å². The van der Waals surface area contributed by atoms with Crippen molar-refractivity contribution in [3.05, 3.63) is 77.9 Å². The van der Waals surface area contributed by atoms with Crippen molar-refractivity contribution in [2.24, 2.45) is 0 Å². The van der Waals surface area contributed by atoms with Crippen molar-refractivity contribution in [2.75, 3.05) is 16.6 Å². The van der Waals surface area contributed by atoms with Crippen LogP contribution in [0.2, 0.25) is 0 Å². The fourth-order valence-corrected chi connectivity index (χ4v) is 4.33. The number of sulfonamides is 1. The average molecular weight is 483 g/mol. The van der Waals surface area contributed by atoms with Gasteiger partial charge in [-0.05, 0) is 92.9 Å². The number of anilines is 2. The summed E-state index contributed by atoms with van der Waals surface area (Å²) < 4.78 is 39.3. The number of amides is 1. The number of nitrogens with one attached hydrogen (secondary N) is 2. The number of carbonyl (C=O) groups excluding carboxylic acids is 1. The van der Waals surface area contributed by atoms with E-state index in [9.17, 15) is 13.2 Å². The summed E-state index contributed by atoms with van der Waals surface area (Å²) in [7, 11) is -3.78. The molecule has 3 rings (SSSR count). The van der Waals surface area contributed by atoms with Gasteiger partial charge in [0.2, 0.25) is 0 Å². The first-order valence-corrected chi connectivity index (χ1v) is 12.6. The normalized spacial score (nSPS) is 12.0. The summed E-state index contributed by atoms with van der Waals surface area (Å²) in [6.45, 7) is 8.23. The molecule has 2 N–H and O–H groups in total. The lowest BCUT2D eigenvalue weighted by molar-refractivity contribution is -0.122. The Bertz CT molecular complexity index is 1220. The van der Waals surface area contributed by atoms with Crippen molar-refractivity contribution in [2.45, 2.75) is 45.1 Å². The Kier molecular flexibility index (Phi) is 8.17. The van der Waals surface area contributed by atoms with E-state index in [1.54, 1.807) is 36.4 Å². The van der Waals surface area contributed by atoms with E-state index >= 15 is 0 Å². The monoisotopic (exact) mass is 482 g/mol. The molecule has 1 atom stereocenters. The fourth-order valence-electron chi connectivity index (χ4n) is 3.27. The van der Waals surface area contributed by atoms with E-state index in [1.165, 1.54) is 12.1 Å². The Hall–Kier alpha value is -3.52. The van der Waals surface area contributed by atoms with Gasteiger partial charge in [0.1, 0.15) is 11.5 Å². The number of aryl methyl sites for hydroxylation is 1. The van der Waals surface area contributed by atoms with Crippen molar-refractivity contribution < 1.29 is 22.7 Å². The van der Waals surface area contributed by atoms with Crippen LogP contribution < -0.4 is 19.5 Å². The first-order valence-electron chi connectivity index (χ1n) is 11.1. The Morgan fingerprint density at radius 3 is 2.18 bits per heavy atom. The third kappa shape index (κ3) is 6.29. The lowest BCUT2D eigenvalue weighted by atomic mass is 10.1. The number of carbonyl (C=O) groups is 1. The summed E-state index contributed by atoms with van der Waals surface area (Å²) in [5.41, 5.74) is 2.98. The molecule has 180 valence electrons. The molecular weight excluding hydrogens is 452 g/mol. The summed E-state index contributed by atoms with van der Waals surface area (Å²) in [6.07, 6.45) is -0.192. The first-order chi connectivity index (χ1) is 16.2. The zero-order valence-corrected chi connectivity index (χ0v) is 20.6. The van der Waals surface area contributed by atoms with E-state index in [-0.39, 0.29) is 10.8 Å². The van der Waals surface area contributed by atoms with E-state index in [2.05, 4.69) is 10.0 Å². The maximum absolute atomic E-state index is 12.8. The van der Waals surface area contributed by atoms with Crippen molar-refractivity contribution in [1.29, 1.82) is 0 Å². The van der Waals surface area contributed by atoms with E-state index in [4.69, 9.17) is 9.47 Å². The topological polar surface area (TPSA) is 93.7 Å². The number of hydrogen-bond acceptors (Lipinski definition) is 5. The van der Waals surface area contributed by atoms with E-state index < -0.39 is 16.1 Å². The van der Waals surface area contributed by atoms with Gasteiger partial charge in [0.25, 0.3) is 15.9 Å². The summed E-state index contributed by atoms with van der Waals surface area (Å²) >= 11 is 0. The van der Waals surface area contributed by atoms with E-state index in [0.717, 1.165) is 11.1 Å². The van der Waals surface area contributed by atoms with Crippen LogP contribution in [0.1, 0.15) is 31.4 Å². The molecule has 0 spiro atoms. The van der Waals surface area contributed by atoms with Gasteiger partial charge in [-0.3, -0.25) is 9.52 Å². The van der Waals surface area contributed by atoms with Crippen molar-refractivity contribution in [3.63, 3.8) is 0 Å². The number of benzene rings is 3. The van der Waals surface area contributed by atoms with Crippen LogP contribution in [0.3, 0.4) is 0 Å². The van der Waals surface area contributed by atoms with Gasteiger partial charge in [0, 0.05) is 11.4 Å². The maximum Gasteiger partial charge on any atom is 0.265 e. The SMILES string of the molecule is CCOc1ccc(NS(=O)(=O)c2ccc(NC(=O)[C@@H](CC)Oc3cccc(C)c3C)cc2)cc1. The van der Waals surface area contributed by atoms with Gasteiger partial charge >= 0.3 is 0 Å². The lowest BCUT2D eigenvalue weighted by Crippen LogP contribution is -2.32. The second kappa shape index (κ2) is 11.1. The minimum Gasteiger partial charge on any atom is -0.494 e. The molecule has 0 fully saturated rings. The minimum atomic E-state index is -3.78. The number of rotatable bonds is 10. The molecule has 0 unspecified atom stereocenters. The van der Waals surface area contributed by atoms with Crippen LogP contribution in [0.4, 0.5) is 11.4 Å². The van der Waals surface area contributed by atoms with E-state index in [1.807, 2.05) is 45.9 Å². The largest absolute Gasteiger partial charge is 0.494 e. The molecule has 8 heteroatoms. The minimum absolute atomic E-state index is 0.0815. The zero-order valence-electron chi connectivity index (χ0n) is 19.8. The predicted molar refractivity (Wildman–Crippen MR) is 134 cm³/mol. The Morgan fingerprint density at radius 2 is 1.56 bits per heavy atom. The van der Waals surface area contributed by atoms with Crippen molar-refractivity contribution in [1.82, 2.24) is 0 Å². The van der Waals surface area contributed by atoms with Gasteiger partial charge in [0.15, 0.2) is 6.10 Å². The summed E-state index contributed by atoms with van der Waals surface area (Å²) in [5, 5.41) is 2.80. The quantitative estimate of drug-likeness (QED) is 0.409. The predicted octanol–water partition coefficient (Wildman–Crippen LogP) is 5.30. The fraction of sp³-hybridized carbons (Fsp3) is 0.269. The van der Waals surface area contributed by atoms with Crippen LogP contribution in [0.15, 0.2) is 71.6 Å². The highest BCUT2D eigenvalue weighted by molar-refractivity contribution is 7.92. The van der Waals surface area contributed by atoms with Crippen molar-refractivity contribution in [3.8, 4) is 11.5 Å². The highest BCUT2D eigenvalue weighted by Gasteiger charge is 2.20. The van der Waals surface area contributed by atoms with Gasteiger partial charge in [-0.25, -0.2) is 8.42 Å². The molecule has 0 saturated carbocycles. The molecule has 0 bridgehead atoms. The van der Waals surface area contributed by atoms with Crippen LogP contribution in [0.5, 0.6) is 11.5 Å². The van der Waals surface area contributed by atoms with Gasteiger partial charge in [-0.15, -0.1) is 0 Å². The van der Waals surface area contributed by atoms with Crippen LogP contribution in [0.25, 0.3) is 0 Å². The Morgan fingerprint density at radius 1 is 0.912 bits per heavy atom. The number of hydrogen-bond donors (Lipinski definition) is 2. The molecule has 3 aromatic rings. The molecule has 0 aromatic heterocycles. The molecule has 7 nitrogen and oxygen atoms in total. The second-order valence-corrected chi connectivity index (χ2v) is 9.47. The average Bonchev–Trinajstić information content (AvgIpc) is 2.81. The molecule has 34 heavy (non-hydrogen) atoms. The summed E-state index contributed by atoms with van der Waals surface area (Å²) in [6, 6.07) is 18.4. The first kappa shape index (κ1) is 25.1. The van der Waals surface area contributed by atoms with Crippen LogP contribution in [0, 0.1) is 13.8 Å². The smallest absolute Gasteiger partial charge is 0.265 e. The second-order valence-electron chi connectivity index (χ2n) is 7.79. The molecule has 1 amide bonds. The third-order valence-electron chi connectivity index (χ3n) is 5.34. The molecule has 0 heterocycles. The molecule has 3 aromatic carbocycles. The molecule has 0 aliphatic carbocycles. The molecule has 0 saturated heterocycles. The molecular formula is C26H30N2O5S. The number of ether oxygens (including phenoxy) is 2.